The molecule has 1 aliphatic rings. The van der Waals surface area contributed by atoms with Crippen LogP contribution in [0.25, 0.3) is 0 Å². The van der Waals surface area contributed by atoms with Crippen LogP contribution in [-0.4, -0.2) is 17.4 Å². The van der Waals surface area contributed by atoms with Crippen LogP contribution in [0.4, 0.5) is 5.13 Å². The molecule has 0 saturated carbocycles. The van der Waals surface area contributed by atoms with E-state index in [1.165, 1.54) is 16.2 Å². The molecule has 1 aliphatic heterocycles. The van der Waals surface area contributed by atoms with Crippen molar-refractivity contribution in [3.8, 4) is 0 Å². The van der Waals surface area contributed by atoms with E-state index in [-0.39, 0.29) is 5.91 Å². The summed E-state index contributed by atoms with van der Waals surface area (Å²) in [5.74, 6) is -0.218. The maximum atomic E-state index is 12.1. The second-order valence-electron chi connectivity index (χ2n) is 4.25. The highest BCUT2D eigenvalue weighted by Gasteiger charge is 2.17. The van der Waals surface area contributed by atoms with E-state index >= 15 is 0 Å². The zero-order chi connectivity index (χ0) is 13.2. The van der Waals surface area contributed by atoms with Gasteiger partial charge in [0, 0.05) is 24.4 Å². The van der Waals surface area contributed by atoms with Crippen molar-refractivity contribution in [3.63, 3.8) is 0 Å². The number of hydrogen-bond acceptors (Lipinski definition) is 4. The summed E-state index contributed by atoms with van der Waals surface area (Å²) in [6.45, 7) is 1.77. The number of nitrogens with one attached hydrogen (secondary N) is 2. The minimum Gasteiger partial charge on any atom is -0.311 e. The summed E-state index contributed by atoms with van der Waals surface area (Å²) in [4.78, 5) is 17.7. The topological polar surface area (TPSA) is 54.0 Å². The molecule has 0 unspecified atom stereocenters. The molecule has 1 amide bonds. The molecule has 3 rings (SSSR count). The van der Waals surface area contributed by atoms with Crippen molar-refractivity contribution in [2.75, 3.05) is 11.9 Å². The van der Waals surface area contributed by atoms with E-state index < -0.39 is 0 Å². The summed E-state index contributed by atoms with van der Waals surface area (Å²) >= 11 is 7.51. The molecule has 2 aromatic rings. The maximum Gasteiger partial charge on any atom is 0.258 e. The molecule has 0 bridgehead atoms. The third-order valence-corrected chi connectivity index (χ3v) is 4.28. The summed E-state index contributed by atoms with van der Waals surface area (Å²) in [7, 11) is 0. The second kappa shape index (κ2) is 5.28. The molecular formula is C13H12ClN3OS. The van der Waals surface area contributed by atoms with E-state index in [0.29, 0.717) is 15.7 Å². The lowest BCUT2D eigenvalue weighted by Crippen LogP contribution is -2.22. The van der Waals surface area contributed by atoms with Crippen LogP contribution in [0.2, 0.25) is 5.02 Å². The van der Waals surface area contributed by atoms with Gasteiger partial charge in [-0.05, 0) is 12.1 Å². The Morgan fingerprint density at radius 1 is 1.42 bits per heavy atom. The minimum absolute atomic E-state index is 0.218. The average molecular weight is 294 g/mol. The molecule has 6 heteroatoms. The van der Waals surface area contributed by atoms with Crippen LogP contribution in [0, 0.1) is 0 Å². The predicted molar refractivity (Wildman–Crippen MR) is 76.9 cm³/mol. The Bertz CT molecular complexity index is 603. The van der Waals surface area contributed by atoms with Gasteiger partial charge in [-0.1, -0.05) is 23.7 Å². The SMILES string of the molecule is O=C(Nc1nc2c(s1)CNCC2)c1ccccc1Cl. The van der Waals surface area contributed by atoms with Crippen molar-refractivity contribution in [2.24, 2.45) is 0 Å². The summed E-state index contributed by atoms with van der Waals surface area (Å²) in [6, 6.07) is 6.99. The van der Waals surface area contributed by atoms with Crippen molar-refractivity contribution in [3.05, 3.63) is 45.4 Å². The molecule has 0 atom stereocenters. The summed E-state index contributed by atoms with van der Waals surface area (Å²) in [5.41, 5.74) is 1.55. The van der Waals surface area contributed by atoms with Gasteiger partial charge in [0.05, 0.1) is 16.3 Å². The van der Waals surface area contributed by atoms with E-state index in [0.717, 1.165) is 25.2 Å². The van der Waals surface area contributed by atoms with E-state index in [9.17, 15) is 4.79 Å². The molecule has 0 fully saturated rings. The van der Waals surface area contributed by atoms with Gasteiger partial charge >= 0.3 is 0 Å². The number of fused-ring (bicyclic) bond motifs is 1. The number of nitrogens with zero attached hydrogens (tertiary/aromatic N) is 1. The molecule has 4 nitrogen and oxygen atoms in total. The lowest BCUT2D eigenvalue weighted by molar-refractivity contribution is 0.102. The maximum absolute atomic E-state index is 12.1. The van der Waals surface area contributed by atoms with Gasteiger partial charge in [-0.2, -0.15) is 0 Å². The number of hydrogen-bond donors (Lipinski definition) is 2. The lowest BCUT2D eigenvalue weighted by Gasteiger charge is -2.09. The molecule has 19 heavy (non-hydrogen) atoms. The van der Waals surface area contributed by atoms with Crippen LogP contribution in [0.3, 0.4) is 0 Å². The van der Waals surface area contributed by atoms with Crippen LogP contribution < -0.4 is 10.6 Å². The minimum atomic E-state index is -0.218. The fourth-order valence-corrected chi connectivity index (χ4v) is 3.18. The first-order chi connectivity index (χ1) is 9.24. The highest BCUT2D eigenvalue weighted by Crippen LogP contribution is 2.26. The first-order valence-corrected chi connectivity index (χ1v) is 7.18. The second-order valence-corrected chi connectivity index (χ2v) is 5.74. The van der Waals surface area contributed by atoms with E-state index in [1.807, 2.05) is 0 Å². The van der Waals surface area contributed by atoms with Gasteiger partial charge in [-0.15, -0.1) is 11.3 Å². The standard InChI is InChI=1S/C13H12ClN3OS/c14-9-4-2-1-3-8(9)12(18)17-13-16-10-5-6-15-7-11(10)19-13/h1-4,15H,5-7H2,(H,16,17,18). The lowest BCUT2D eigenvalue weighted by atomic mass is 10.2. The monoisotopic (exact) mass is 293 g/mol. The number of benzene rings is 1. The fourth-order valence-electron chi connectivity index (χ4n) is 1.99. The Morgan fingerprint density at radius 2 is 2.26 bits per heavy atom. The average Bonchev–Trinajstić information content (AvgIpc) is 2.81. The van der Waals surface area contributed by atoms with Crippen LogP contribution >= 0.6 is 22.9 Å². The van der Waals surface area contributed by atoms with Gasteiger partial charge in [0.1, 0.15) is 0 Å². The molecular weight excluding hydrogens is 282 g/mol. The summed E-state index contributed by atoms with van der Waals surface area (Å²) < 4.78 is 0. The number of amides is 1. The molecule has 1 aromatic heterocycles. The van der Waals surface area contributed by atoms with Gasteiger partial charge in [-0.3, -0.25) is 10.1 Å². The number of rotatable bonds is 2. The third kappa shape index (κ3) is 2.63. The molecule has 0 saturated heterocycles. The highest BCUT2D eigenvalue weighted by atomic mass is 35.5. The number of carbonyl (C=O) groups excluding carboxylic acids is 1. The molecule has 1 aromatic carbocycles. The molecule has 98 valence electrons. The molecule has 0 aliphatic carbocycles. The molecule has 0 spiro atoms. The van der Waals surface area contributed by atoms with Crippen LogP contribution in [0.15, 0.2) is 24.3 Å². The Balaban J connectivity index is 1.80. The van der Waals surface area contributed by atoms with Gasteiger partial charge in [-0.25, -0.2) is 4.98 Å². The smallest absolute Gasteiger partial charge is 0.258 e. The molecule has 2 N–H and O–H groups in total. The first kappa shape index (κ1) is 12.6. The fraction of sp³-hybridized carbons (Fsp3) is 0.231. The Kier molecular flexibility index (Phi) is 3.50. The van der Waals surface area contributed by atoms with Gasteiger partial charge in [0.2, 0.25) is 0 Å². The van der Waals surface area contributed by atoms with Crippen LogP contribution in [0.1, 0.15) is 20.9 Å². The quantitative estimate of drug-likeness (QED) is 0.895. The summed E-state index contributed by atoms with van der Waals surface area (Å²) in [5, 5.41) is 7.18. The molecule has 2 heterocycles. The number of aromatic nitrogens is 1. The number of halogens is 1. The summed E-state index contributed by atoms with van der Waals surface area (Å²) in [6.07, 6.45) is 0.911. The van der Waals surface area contributed by atoms with Crippen molar-refractivity contribution in [2.45, 2.75) is 13.0 Å². The zero-order valence-electron chi connectivity index (χ0n) is 10.1. The van der Waals surface area contributed by atoms with Gasteiger partial charge in [0.15, 0.2) is 5.13 Å². The normalized spacial score (nSPS) is 13.9. The van der Waals surface area contributed by atoms with Crippen molar-refractivity contribution in [1.29, 1.82) is 0 Å². The third-order valence-electron chi connectivity index (χ3n) is 2.94. The largest absolute Gasteiger partial charge is 0.311 e. The number of thiazole rings is 1. The van der Waals surface area contributed by atoms with Crippen molar-refractivity contribution < 1.29 is 4.79 Å². The van der Waals surface area contributed by atoms with Crippen LogP contribution in [0.5, 0.6) is 0 Å². The van der Waals surface area contributed by atoms with E-state index in [2.05, 4.69) is 15.6 Å². The van der Waals surface area contributed by atoms with E-state index in [1.54, 1.807) is 24.3 Å². The van der Waals surface area contributed by atoms with Gasteiger partial charge < -0.3 is 5.32 Å². The van der Waals surface area contributed by atoms with Gasteiger partial charge in [0.25, 0.3) is 5.91 Å². The zero-order valence-corrected chi connectivity index (χ0v) is 11.6. The van der Waals surface area contributed by atoms with E-state index in [4.69, 9.17) is 11.6 Å². The van der Waals surface area contributed by atoms with Crippen molar-refractivity contribution in [1.82, 2.24) is 10.3 Å². The number of anilines is 1. The number of carbonyl (C=O) groups is 1. The Morgan fingerprint density at radius 3 is 3.05 bits per heavy atom. The highest BCUT2D eigenvalue weighted by molar-refractivity contribution is 7.15. The predicted octanol–water partition coefficient (Wildman–Crippen LogP) is 2.69. The Labute approximate surface area is 119 Å². The van der Waals surface area contributed by atoms with Crippen molar-refractivity contribution >= 4 is 34.0 Å². The molecule has 0 radical (unpaired) electrons. The Hall–Kier alpha value is -1.43. The van der Waals surface area contributed by atoms with Crippen LogP contribution in [-0.2, 0) is 13.0 Å². The first-order valence-electron chi connectivity index (χ1n) is 5.99.